The molecule has 1 atom stereocenters. The molecule has 1 fully saturated rings. The molecule has 1 amide bonds. The van der Waals surface area contributed by atoms with Crippen molar-refractivity contribution >= 4 is 29.4 Å². The topological polar surface area (TPSA) is 64.2 Å². The molecule has 4 rings (SSSR count). The van der Waals surface area contributed by atoms with E-state index in [4.69, 9.17) is 5.73 Å². The molecule has 1 saturated heterocycles. The van der Waals surface area contributed by atoms with E-state index in [0.717, 1.165) is 31.4 Å². The van der Waals surface area contributed by atoms with Crippen molar-refractivity contribution in [3.05, 3.63) is 54.0 Å². The van der Waals surface area contributed by atoms with Crippen molar-refractivity contribution in [2.45, 2.75) is 31.8 Å². The van der Waals surface area contributed by atoms with E-state index in [1.165, 1.54) is 16.9 Å². The van der Waals surface area contributed by atoms with E-state index in [-0.39, 0.29) is 24.1 Å². The fourth-order valence-corrected chi connectivity index (χ4v) is 3.84. The molecule has 0 spiro atoms. The maximum atomic E-state index is 14.4. The molecule has 0 bridgehead atoms. The molecular formula is C22H25F3N4OS. The number of likely N-dealkylation sites (tertiary alicyclic amines) is 1. The predicted octanol–water partition coefficient (Wildman–Crippen LogP) is 4.01. The second-order valence-corrected chi connectivity index (χ2v) is 7.34. The number of aromatic nitrogens is 2. The van der Waals surface area contributed by atoms with E-state index in [9.17, 15) is 18.0 Å². The molecule has 1 aliphatic rings. The lowest BCUT2D eigenvalue weighted by molar-refractivity contribution is -0.131. The summed E-state index contributed by atoms with van der Waals surface area (Å²) in [5.74, 6) is -3.42. The van der Waals surface area contributed by atoms with E-state index in [1.807, 2.05) is 0 Å². The minimum Gasteiger partial charge on any atom is -0.341 e. The van der Waals surface area contributed by atoms with Gasteiger partial charge in [0.25, 0.3) is 0 Å². The number of amides is 1. The lowest BCUT2D eigenvalue weighted by atomic mass is 10.0. The maximum absolute atomic E-state index is 14.4. The highest BCUT2D eigenvalue weighted by atomic mass is 32.1. The molecule has 9 heteroatoms. The Morgan fingerprint density at radius 3 is 2.65 bits per heavy atom. The third-order valence-electron chi connectivity index (χ3n) is 5.39. The third kappa shape index (κ3) is 4.88. The summed E-state index contributed by atoms with van der Waals surface area (Å²) < 4.78 is 44.0. The van der Waals surface area contributed by atoms with Crippen LogP contribution < -0.4 is 5.73 Å². The van der Waals surface area contributed by atoms with E-state index < -0.39 is 23.0 Å². The van der Waals surface area contributed by atoms with Crippen LogP contribution in [0.1, 0.15) is 19.3 Å². The second-order valence-electron chi connectivity index (χ2n) is 7.34. The van der Waals surface area contributed by atoms with Crippen LogP contribution in [0.25, 0.3) is 22.0 Å². The minimum absolute atomic E-state index is 0.0751. The fraction of sp³-hybridized carbons (Fsp3) is 0.364. The van der Waals surface area contributed by atoms with Crippen LogP contribution in [0.4, 0.5) is 13.2 Å². The van der Waals surface area contributed by atoms with Crippen LogP contribution in [0.2, 0.25) is 0 Å². The molecular weight excluding hydrogens is 425 g/mol. The van der Waals surface area contributed by atoms with Crippen molar-refractivity contribution in [1.29, 1.82) is 0 Å². The normalized spacial score (nSPS) is 16.6. The molecule has 1 aliphatic heterocycles. The minimum atomic E-state index is -1.27. The smallest absolute Gasteiger partial charge is 0.244 e. The largest absolute Gasteiger partial charge is 0.341 e. The lowest BCUT2D eigenvalue weighted by Crippen LogP contribution is -2.35. The summed E-state index contributed by atoms with van der Waals surface area (Å²) >= 11 is 3.53. The highest BCUT2D eigenvalue weighted by Crippen LogP contribution is 2.33. The molecule has 0 aliphatic carbocycles. The molecule has 0 saturated carbocycles. The van der Waals surface area contributed by atoms with Gasteiger partial charge in [0.2, 0.25) is 5.91 Å². The van der Waals surface area contributed by atoms with Gasteiger partial charge in [0.05, 0.1) is 17.3 Å². The van der Waals surface area contributed by atoms with Crippen LogP contribution in [-0.4, -0.2) is 46.0 Å². The van der Waals surface area contributed by atoms with Crippen molar-refractivity contribution in [3.8, 4) is 11.1 Å². The molecule has 3 aromatic rings. The fourth-order valence-electron chi connectivity index (χ4n) is 3.84. The average molecular weight is 451 g/mol. The Hall–Kier alpha value is -2.52. The highest BCUT2D eigenvalue weighted by molar-refractivity contribution is 7.79. The zero-order valence-electron chi connectivity index (χ0n) is 17.2. The number of nitrogens with zero attached hydrogens (tertiary/aromatic N) is 3. The Balaban J connectivity index is 0.00000132. The lowest BCUT2D eigenvalue weighted by Gasteiger charge is -2.21. The number of thiol groups is 1. The molecule has 0 radical (unpaired) electrons. The van der Waals surface area contributed by atoms with Crippen LogP contribution in [0.3, 0.4) is 0 Å². The van der Waals surface area contributed by atoms with Gasteiger partial charge in [-0.05, 0) is 37.7 Å². The summed E-state index contributed by atoms with van der Waals surface area (Å²) in [4.78, 5) is 14.6. The number of para-hydroxylation sites is 1. The monoisotopic (exact) mass is 450 g/mol. The molecule has 2 N–H and O–H groups in total. The number of hydrogen-bond acceptors (Lipinski definition) is 4. The van der Waals surface area contributed by atoms with E-state index in [0.29, 0.717) is 24.0 Å². The third-order valence-corrected chi connectivity index (χ3v) is 5.39. The van der Waals surface area contributed by atoms with E-state index in [2.05, 4.69) is 17.7 Å². The van der Waals surface area contributed by atoms with Gasteiger partial charge in [0.15, 0.2) is 11.6 Å². The first-order valence-corrected chi connectivity index (χ1v) is 10.9. The number of fused-ring (bicyclic) bond motifs is 1. The number of benzene rings is 2. The first kappa shape index (κ1) is 23.1. The van der Waals surface area contributed by atoms with Crippen molar-refractivity contribution in [2.75, 3.05) is 19.3 Å². The molecule has 2 aromatic carbocycles. The van der Waals surface area contributed by atoms with Crippen LogP contribution in [0, 0.1) is 17.5 Å². The number of nitrogens with two attached hydrogens (primary N) is 1. The quantitative estimate of drug-likeness (QED) is 0.468. The molecule has 31 heavy (non-hydrogen) atoms. The summed E-state index contributed by atoms with van der Waals surface area (Å²) in [6, 6.07) is 6.57. The first-order chi connectivity index (χ1) is 15.0. The Labute approximate surface area is 184 Å². The summed E-state index contributed by atoms with van der Waals surface area (Å²) in [6.45, 7) is 1.11. The van der Waals surface area contributed by atoms with Gasteiger partial charge in [-0.3, -0.25) is 9.48 Å². The van der Waals surface area contributed by atoms with Gasteiger partial charge in [-0.1, -0.05) is 18.2 Å². The van der Waals surface area contributed by atoms with Gasteiger partial charge >= 0.3 is 0 Å². The van der Waals surface area contributed by atoms with Crippen molar-refractivity contribution < 1.29 is 18.0 Å². The first-order valence-electron chi connectivity index (χ1n) is 10.0. The average Bonchev–Trinajstić information content (AvgIpc) is 3.05. The zero-order chi connectivity index (χ0) is 22.5. The number of carbonyl (C=O) groups excluding carboxylic acids is 1. The van der Waals surface area contributed by atoms with Crippen LogP contribution >= 0.6 is 12.6 Å². The van der Waals surface area contributed by atoms with Gasteiger partial charge in [0, 0.05) is 30.1 Å². The van der Waals surface area contributed by atoms with Crippen LogP contribution in [0.5, 0.6) is 0 Å². The summed E-state index contributed by atoms with van der Waals surface area (Å²) in [5, 5.41) is 4.85. The van der Waals surface area contributed by atoms with E-state index in [1.54, 1.807) is 23.3 Å². The molecule has 1 aromatic heterocycles. The molecule has 166 valence electrons. The van der Waals surface area contributed by atoms with Crippen molar-refractivity contribution in [1.82, 2.24) is 14.7 Å². The number of rotatable bonds is 3. The number of halogens is 3. The Bertz CT molecular complexity index is 1070. The number of hydrogen-bond donors (Lipinski definition) is 2. The van der Waals surface area contributed by atoms with Gasteiger partial charge in [0.1, 0.15) is 12.4 Å². The molecule has 1 unspecified atom stereocenters. The van der Waals surface area contributed by atoms with Gasteiger partial charge in [-0.15, -0.1) is 0 Å². The Morgan fingerprint density at radius 1 is 1.13 bits per heavy atom. The second kappa shape index (κ2) is 10.2. The summed E-state index contributed by atoms with van der Waals surface area (Å²) in [5.41, 5.74) is 6.05. The summed E-state index contributed by atoms with van der Waals surface area (Å²) in [7, 11) is 0. The van der Waals surface area contributed by atoms with Gasteiger partial charge in [-0.25, -0.2) is 13.2 Å². The maximum Gasteiger partial charge on any atom is 0.244 e. The van der Waals surface area contributed by atoms with Crippen molar-refractivity contribution in [3.63, 3.8) is 0 Å². The Morgan fingerprint density at radius 2 is 1.87 bits per heavy atom. The molecule has 2 heterocycles. The van der Waals surface area contributed by atoms with Crippen molar-refractivity contribution in [2.24, 2.45) is 5.73 Å². The zero-order valence-corrected chi connectivity index (χ0v) is 18.1. The van der Waals surface area contributed by atoms with Crippen LogP contribution in [-0.2, 0) is 11.3 Å². The van der Waals surface area contributed by atoms with E-state index >= 15 is 0 Å². The predicted molar refractivity (Wildman–Crippen MR) is 118 cm³/mol. The number of carbonyl (C=O) groups is 1. The van der Waals surface area contributed by atoms with Gasteiger partial charge in [-0.2, -0.15) is 17.7 Å². The van der Waals surface area contributed by atoms with Crippen LogP contribution in [0.15, 0.2) is 36.5 Å². The summed E-state index contributed by atoms with van der Waals surface area (Å²) in [6.07, 6.45) is 5.66. The van der Waals surface area contributed by atoms with Gasteiger partial charge < -0.3 is 10.6 Å². The standard InChI is InChI=1S/C21H21F3N4O.CH4S/c22-16-6-7-17(23)20(24)19(16)15-5-1-3-13-11-26-28(21(13)15)12-18(29)27-9-2-4-14(25)8-10-27;1-2/h1,3,5-7,11,14H,2,4,8-10,12,25H2;2H,1H3. The highest BCUT2D eigenvalue weighted by Gasteiger charge is 2.23. The Kier molecular flexibility index (Phi) is 7.61. The molecule has 5 nitrogen and oxygen atoms in total. The SMILES string of the molecule is CS.NC1CCCN(C(=O)Cn2ncc3cccc(-c4c(F)ccc(F)c4F)c32)CC1.